The molecule has 0 aliphatic carbocycles. The van der Waals surface area contributed by atoms with E-state index in [9.17, 15) is 13.6 Å². The van der Waals surface area contributed by atoms with Crippen molar-refractivity contribution in [3.05, 3.63) is 42.1 Å². The number of pyridine rings is 1. The van der Waals surface area contributed by atoms with Crippen LogP contribution in [0.4, 0.5) is 26.0 Å². The molecule has 0 aliphatic rings. The summed E-state index contributed by atoms with van der Waals surface area (Å²) < 4.78 is 28.3. The van der Waals surface area contributed by atoms with Gasteiger partial charge >= 0.3 is 12.6 Å². The Morgan fingerprint density at radius 3 is 2.48 bits per heavy atom. The number of aromatic nitrogens is 1. The lowest BCUT2D eigenvalue weighted by molar-refractivity contribution is -0.0498. The number of nitrogens with zero attached hydrogens (tertiary/aromatic N) is 1. The number of aromatic carboxylic acids is 1. The van der Waals surface area contributed by atoms with Crippen molar-refractivity contribution in [3.8, 4) is 5.75 Å². The molecule has 4 N–H and O–H groups in total. The quantitative estimate of drug-likeness (QED) is 0.784. The number of hydrogen-bond donors (Lipinski definition) is 3. The minimum Gasteiger partial charge on any atom is -0.477 e. The maximum atomic E-state index is 12.0. The Morgan fingerprint density at radius 2 is 1.90 bits per heavy atom. The fourth-order valence-corrected chi connectivity index (χ4v) is 1.55. The summed E-state index contributed by atoms with van der Waals surface area (Å²) in [5.41, 5.74) is 6.28. The molecule has 0 amide bonds. The molecule has 21 heavy (non-hydrogen) atoms. The smallest absolute Gasteiger partial charge is 0.387 e. The van der Waals surface area contributed by atoms with Gasteiger partial charge in [0.05, 0.1) is 5.69 Å². The van der Waals surface area contributed by atoms with E-state index in [4.69, 9.17) is 10.8 Å². The lowest BCUT2D eigenvalue weighted by Crippen LogP contribution is -2.06. The van der Waals surface area contributed by atoms with Crippen molar-refractivity contribution >= 4 is 23.2 Å². The van der Waals surface area contributed by atoms with E-state index in [1.54, 1.807) is 0 Å². The third kappa shape index (κ3) is 3.78. The van der Waals surface area contributed by atoms with Gasteiger partial charge in [-0.2, -0.15) is 8.78 Å². The zero-order valence-corrected chi connectivity index (χ0v) is 10.6. The summed E-state index contributed by atoms with van der Waals surface area (Å²) >= 11 is 0. The highest BCUT2D eigenvalue weighted by molar-refractivity contribution is 5.87. The lowest BCUT2D eigenvalue weighted by Gasteiger charge is -2.10. The highest BCUT2D eigenvalue weighted by Crippen LogP contribution is 2.23. The molecule has 0 saturated heterocycles. The van der Waals surface area contributed by atoms with Gasteiger partial charge in [-0.05, 0) is 36.4 Å². The Morgan fingerprint density at radius 1 is 1.24 bits per heavy atom. The first kappa shape index (κ1) is 14.5. The highest BCUT2D eigenvalue weighted by Gasteiger charge is 2.09. The van der Waals surface area contributed by atoms with E-state index in [0.29, 0.717) is 5.69 Å². The van der Waals surface area contributed by atoms with E-state index in [1.165, 1.54) is 36.4 Å². The van der Waals surface area contributed by atoms with Crippen LogP contribution in [0.15, 0.2) is 36.4 Å². The van der Waals surface area contributed by atoms with Crippen LogP contribution < -0.4 is 15.8 Å². The van der Waals surface area contributed by atoms with Crippen LogP contribution >= 0.6 is 0 Å². The fraction of sp³-hybridized carbons (Fsp3) is 0.0769. The number of nitrogens with two attached hydrogens (primary N) is 1. The van der Waals surface area contributed by atoms with Crippen LogP contribution in [0.2, 0.25) is 0 Å². The number of carbonyl (C=O) groups is 1. The molecule has 0 radical (unpaired) electrons. The van der Waals surface area contributed by atoms with E-state index in [2.05, 4.69) is 15.0 Å². The van der Waals surface area contributed by atoms with Crippen LogP contribution in [0, 0.1) is 0 Å². The average molecular weight is 295 g/mol. The maximum absolute atomic E-state index is 12.0. The van der Waals surface area contributed by atoms with Crippen LogP contribution in [0.1, 0.15) is 10.5 Å². The molecule has 0 unspecified atom stereocenters. The zero-order chi connectivity index (χ0) is 15.4. The molecule has 0 aliphatic heterocycles. The molecule has 110 valence electrons. The van der Waals surface area contributed by atoms with Crippen LogP contribution in [0.25, 0.3) is 0 Å². The van der Waals surface area contributed by atoms with Gasteiger partial charge in [0.15, 0.2) is 11.5 Å². The number of ether oxygens (including phenoxy) is 1. The van der Waals surface area contributed by atoms with Gasteiger partial charge < -0.3 is 20.9 Å². The van der Waals surface area contributed by atoms with Crippen LogP contribution in [-0.2, 0) is 0 Å². The molecule has 0 spiro atoms. The number of nitrogen functional groups attached to an aromatic ring is 1. The van der Waals surface area contributed by atoms with E-state index in [1.807, 2.05) is 0 Å². The largest absolute Gasteiger partial charge is 0.477 e. The zero-order valence-electron chi connectivity index (χ0n) is 10.6. The molecule has 2 aromatic rings. The number of carboxylic acid groups (broad SMARTS) is 1. The lowest BCUT2D eigenvalue weighted by atomic mass is 10.2. The van der Waals surface area contributed by atoms with Crippen LogP contribution in [0.5, 0.6) is 5.75 Å². The minimum absolute atomic E-state index is 0.00997. The SMILES string of the molecule is Nc1ccc(C(=O)O)nc1Nc1ccc(OC(F)F)cc1. The summed E-state index contributed by atoms with van der Waals surface area (Å²) in [6.45, 7) is -2.90. The molecule has 2 rings (SSSR count). The van der Waals surface area contributed by atoms with Gasteiger partial charge in [0.2, 0.25) is 0 Å². The molecule has 1 aromatic heterocycles. The summed E-state index contributed by atoms with van der Waals surface area (Å²) in [5.74, 6) is -1.01. The second-order valence-electron chi connectivity index (χ2n) is 3.97. The molecule has 0 saturated carbocycles. The van der Waals surface area contributed by atoms with Crippen molar-refractivity contribution in [2.24, 2.45) is 0 Å². The molecule has 0 atom stereocenters. The Bertz CT molecular complexity index is 648. The Balaban J connectivity index is 2.18. The van der Waals surface area contributed by atoms with Crippen molar-refractivity contribution in [3.63, 3.8) is 0 Å². The molecule has 1 heterocycles. The van der Waals surface area contributed by atoms with E-state index >= 15 is 0 Å². The van der Waals surface area contributed by atoms with Gasteiger partial charge in [-0.3, -0.25) is 0 Å². The summed E-state index contributed by atoms with van der Waals surface area (Å²) in [6.07, 6.45) is 0. The predicted octanol–water partition coefficient (Wildman–Crippen LogP) is 2.71. The summed E-state index contributed by atoms with van der Waals surface area (Å²) in [5, 5.41) is 11.7. The third-order valence-electron chi connectivity index (χ3n) is 2.49. The molecule has 8 heteroatoms. The fourth-order valence-electron chi connectivity index (χ4n) is 1.55. The number of nitrogens with one attached hydrogen (secondary N) is 1. The van der Waals surface area contributed by atoms with Crippen molar-refractivity contribution in [2.75, 3.05) is 11.1 Å². The standard InChI is InChI=1S/C13H11F2N3O3/c14-13(15)21-8-3-1-7(2-4-8)17-11-9(16)5-6-10(18-11)12(19)20/h1-6,13H,16H2,(H,17,18)(H,19,20). The van der Waals surface area contributed by atoms with Gasteiger partial charge in [0.25, 0.3) is 0 Å². The number of halogens is 2. The normalized spacial score (nSPS) is 10.4. The summed E-state index contributed by atoms with van der Waals surface area (Å²) in [7, 11) is 0. The Hall–Kier alpha value is -2.90. The second kappa shape index (κ2) is 6.04. The van der Waals surface area contributed by atoms with Gasteiger partial charge in [0.1, 0.15) is 5.75 Å². The van der Waals surface area contributed by atoms with Gasteiger partial charge in [-0.15, -0.1) is 0 Å². The van der Waals surface area contributed by atoms with E-state index < -0.39 is 12.6 Å². The summed E-state index contributed by atoms with van der Waals surface area (Å²) in [6, 6.07) is 8.32. The number of carboxylic acids is 1. The average Bonchev–Trinajstić information content (AvgIpc) is 2.42. The van der Waals surface area contributed by atoms with E-state index in [-0.39, 0.29) is 22.9 Å². The van der Waals surface area contributed by atoms with Crippen molar-refractivity contribution < 1.29 is 23.4 Å². The molecular weight excluding hydrogens is 284 g/mol. The van der Waals surface area contributed by atoms with Gasteiger partial charge in [-0.1, -0.05) is 0 Å². The van der Waals surface area contributed by atoms with Crippen molar-refractivity contribution in [1.82, 2.24) is 4.98 Å². The molecule has 0 bridgehead atoms. The van der Waals surface area contributed by atoms with Crippen LogP contribution in [0.3, 0.4) is 0 Å². The number of hydrogen-bond acceptors (Lipinski definition) is 5. The topological polar surface area (TPSA) is 97.5 Å². The number of rotatable bonds is 5. The molecular formula is C13H11F2N3O3. The first-order valence-corrected chi connectivity index (χ1v) is 5.77. The summed E-state index contributed by atoms with van der Waals surface area (Å²) in [4.78, 5) is 14.7. The number of anilines is 3. The number of alkyl halides is 2. The Labute approximate surface area is 118 Å². The van der Waals surface area contributed by atoms with Gasteiger partial charge in [-0.25, -0.2) is 9.78 Å². The van der Waals surface area contributed by atoms with Crippen LogP contribution in [-0.4, -0.2) is 22.7 Å². The van der Waals surface area contributed by atoms with Crippen molar-refractivity contribution in [1.29, 1.82) is 0 Å². The van der Waals surface area contributed by atoms with Crippen molar-refractivity contribution in [2.45, 2.75) is 6.61 Å². The third-order valence-corrected chi connectivity index (χ3v) is 2.49. The maximum Gasteiger partial charge on any atom is 0.387 e. The second-order valence-corrected chi connectivity index (χ2v) is 3.97. The first-order chi connectivity index (χ1) is 9.95. The molecule has 6 nitrogen and oxygen atoms in total. The predicted molar refractivity (Wildman–Crippen MR) is 72.0 cm³/mol. The molecule has 0 fully saturated rings. The minimum atomic E-state index is -2.90. The Kier molecular flexibility index (Phi) is 4.17. The van der Waals surface area contributed by atoms with Gasteiger partial charge in [0, 0.05) is 5.69 Å². The monoisotopic (exact) mass is 295 g/mol. The number of benzene rings is 1. The first-order valence-electron chi connectivity index (χ1n) is 5.77. The highest BCUT2D eigenvalue weighted by atomic mass is 19.3. The van der Waals surface area contributed by atoms with E-state index in [0.717, 1.165) is 0 Å². The molecule has 1 aromatic carbocycles.